The van der Waals surface area contributed by atoms with Gasteiger partial charge in [0, 0.05) is 32.7 Å². The molecule has 1 aliphatic rings. The summed E-state index contributed by atoms with van der Waals surface area (Å²) in [5, 5.41) is 10.5. The molecule has 0 radical (unpaired) electrons. The average Bonchev–Trinajstić information content (AvgIpc) is 2.81. The third-order valence-corrected chi connectivity index (χ3v) is 6.39. The van der Waals surface area contributed by atoms with Crippen molar-refractivity contribution in [2.75, 3.05) is 39.3 Å². The van der Waals surface area contributed by atoms with E-state index in [0.29, 0.717) is 13.2 Å². The number of benzene rings is 3. The van der Waals surface area contributed by atoms with Crippen molar-refractivity contribution in [3.63, 3.8) is 0 Å². The first-order valence-electron chi connectivity index (χ1n) is 10.8. The highest BCUT2D eigenvalue weighted by Crippen LogP contribution is 2.29. The third kappa shape index (κ3) is 5.95. The Bertz CT molecular complexity index is 891. The summed E-state index contributed by atoms with van der Waals surface area (Å²) in [6.45, 7) is 4.71. The summed E-state index contributed by atoms with van der Waals surface area (Å²) >= 11 is 3.48. The molecule has 1 aliphatic heterocycles. The lowest BCUT2D eigenvalue weighted by molar-refractivity contribution is 0.0399. The summed E-state index contributed by atoms with van der Waals surface area (Å²) in [4.78, 5) is 4.88. The second kappa shape index (κ2) is 10.9. The van der Waals surface area contributed by atoms with E-state index in [2.05, 4.69) is 86.4 Å². The predicted molar refractivity (Wildman–Crippen MR) is 128 cm³/mol. The molecule has 5 heteroatoms. The van der Waals surface area contributed by atoms with Crippen LogP contribution in [0.25, 0.3) is 0 Å². The van der Waals surface area contributed by atoms with E-state index in [0.717, 1.165) is 36.4 Å². The fraction of sp³-hybridized carbons (Fsp3) is 0.308. The molecule has 4 rings (SSSR count). The Kier molecular flexibility index (Phi) is 7.76. The van der Waals surface area contributed by atoms with Crippen molar-refractivity contribution in [3.8, 4) is 5.75 Å². The smallest absolute Gasteiger partial charge is 0.133 e. The zero-order valence-electron chi connectivity index (χ0n) is 17.6. The van der Waals surface area contributed by atoms with Crippen LogP contribution in [0.1, 0.15) is 17.2 Å². The van der Waals surface area contributed by atoms with Crippen molar-refractivity contribution < 1.29 is 9.84 Å². The standard InChI is InChI=1S/C26H29BrN2O2/c27-24-13-7-8-14-25(24)31-20-23(30)19-28-15-17-29(18-16-28)26(21-9-3-1-4-10-21)22-11-5-2-6-12-22/h1-14,23,26,30H,15-20H2/t23-/m1/s1. The molecule has 1 heterocycles. The molecule has 31 heavy (non-hydrogen) atoms. The minimum Gasteiger partial charge on any atom is -0.490 e. The van der Waals surface area contributed by atoms with Gasteiger partial charge in [-0.1, -0.05) is 72.8 Å². The zero-order valence-corrected chi connectivity index (χ0v) is 19.2. The first kappa shape index (κ1) is 22.0. The Labute approximate surface area is 193 Å². The highest BCUT2D eigenvalue weighted by molar-refractivity contribution is 9.10. The van der Waals surface area contributed by atoms with Crippen molar-refractivity contribution in [1.82, 2.24) is 9.80 Å². The maximum atomic E-state index is 10.5. The maximum Gasteiger partial charge on any atom is 0.133 e. The number of piperazine rings is 1. The van der Waals surface area contributed by atoms with Gasteiger partial charge in [0.05, 0.1) is 10.5 Å². The summed E-state index contributed by atoms with van der Waals surface area (Å²) < 4.78 is 6.69. The first-order valence-corrected chi connectivity index (χ1v) is 11.6. The number of halogens is 1. The molecule has 1 fully saturated rings. The number of hydrogen-bond acceptors (Lipinski definition) is 4. The highest BCUT2D eigenvalue weighted by Gasteiger charge is 2.27. The van der Waals surface area contributed by atoms with Crippen LogP contribution in [0.15, 0.2) is 89.4 Å². The highest BCUT2D eigenvalue weighted by atomic mass is 79.9. The minimum atomic E-state index is -0.516. The van der Waals surface area contributed by atoms with Gasteiger partial charge in [0.1, 0.15) is 18.5 Å². The van der Waals surface area contributed by atoms with Crippen molar-refractivity contribution in [2.45, 2.75) is 12.1 Å². The van der Waals surface area contributed by atoms with Crippen LogP contribution in [-0.4, -0.2) is 60.3 Å². The van der Waals surface area contributed by atoms with Gasteiger partial charge in [-0.2, -0.15) is 0 Å². The lowest BCUT2D eigenvalue weighted by atomic mass is 9.96. The lowest BCUT2D eigenvalue weighted by Gasteiger charge is -2.40. The fourth-order valence-corrected chi connectivity index (χ4v) is 4.59. The van der Waals surface area contributed by atoms with E-state index in [4.69, 9.17) is 4.74 Å². The lowest BCUT2D eigenvalue weighted by Crippen LogP contribution is -2.50. The molecule has 0 aliphatic carbocycles. The number of aliphatic hydroxyl groups is 1. The number of hydrogen-bond donors (Lipinski definition) is 1. The second-order valence-electron chi connectivity index (χ2n) is 7.96. The molecule has 1 saturated heterocycles. The molecule has 0 bridgehead atoms. The molecule has 0 amide bonds. The Balaban J connectivity index is 1.33. The first-order chi connectivity index (χ1) is 15.2. The summed E-state index contributed by atoms with van der Waals surface area (Å²) in [6.07, 6.45) is -0.516. The van der Waals surface area contributed by atoms with E-state index in [-0.39, 0.29) is 6.04 Å². The van der Waals surface area contributed by atoms with Crippen LogP contribution < -0.4 is 4.74 Å². The van der Waals surface area contributed by atoms with Gasteiger partial charge in [0.15, 0.2) is 0 Å². The average molecular weight is 481 g/mol. The number of nitrogens with zero attached hydrogens (tertiary/aromatic N) is 2. The molecule has 1 N–H and O–H groups in total. The molecule has 162 valence electrons. The Morgan fingerprint density at radius 3 is 1.90 bits per heavy atom. The number of para-hydroxylation sites is 1. The zero-order chi connectivity index (χ0) is 21.5. The molecule has 0 spiro atoms. The van der Waals surface area contributed by atoms with Gasteiger partial charge in [-0.15, -0.1) is 0 Å². The number of ether oxygens (including phenoxy) is 1. The SMILES string of the molecule is O[C@@H](COc1ccccc1Br)CN1CCN(C(c2ccccc2)c2ccccc2)CC1. The molecule has 3 aromatic carbocycles. The Hall–Kier alpha value is -2.18. The van der Waals surface area contributed by atoms with Crippen LogP contribution in [0.2, 0.25) is 0 Å². The number of β-amino-alcohol motifs (C(OH)–C–C–N with tert-alkyl or cyclic N) is 1. The van der Waals surface area contributed by atoms with Gasteiger partial charge >= 0.3 is 0 Å². The maximum absolute atomic E-state index is 10.5. The quantitative estimate of drug-likeness (QED) is 0.511. The van der Waals surface area contributed by atoms with E-state index in [1.807, 2.05) is 24.3 Å². The molecule has 3 aromatic rings. The summed E-state index contributed by atoms with van der Waals surface area (Å²) in [6, 6.07) is 29.4. The van der Waals surface area contributed by atoms with E-state index in [1.54, 1.807) is 0 Å². The van der Waals surface area contributed by atoms with Gasteiger partial charge < -0.3 is 9.84 Å². The van der Waals surface area contributed by atoms with Crippen LogP contribution in [0, 0.1) is 0 Å². The normalized spacial score (nSPS) is 16.4. The van der Waals surface area contributed by atoms with Gasteiger partial charge in [-0.25, -0.2) is 0 Å². The van der Waals surface area contributed by atoms with Crippen LogP contribution in [0.4, 0.5) is 0 Å². The molecular weight excluding hydrogens is 452 g/mol. The summed E-state index contributed by atoms with van der Waals surface area (Å²) in [5.74, 6) is 0.764. The van der Waals surface area contributed by atoms with Crippen molar-refractivity contribution >= 4 is 15.9 Å². The van der Waals surface area contributed by atoms with Crippen LogP contribution >= 0.6 is 15.9 Å². The van der Waals surface area contributed by atoms with Gasteiger partial charge in [-0.05, 0) is 39.2 Å². The van der Waals surface area contributed by atoms with E-state index < -0.39 is 6.10 Å². The van der Waals surface area contributed by atoms with E-state index in [1.165, 1.54) is 11.1 Å². The van der Waals surface area contributed by atoms with Crippen molar-refractivity contribution in [1.29, 1.82) is 0 Å². The summed E-state index contributed by atoms with van der Waals surface area (Å²) in [7, 11) is 0. The molecular formula is C26H29BrN2O2. The molecule has 0 saturated carbocycles. The Morgan fingerprint density at radius 2 is 1.32 bits per heavy atom. The minimum absolute atomic E-state index is 0.258. The molecule has 0 aromatic heterocycles. The molecule has 0 unspecified atom stereocenters. The van der Waals surface area contributed by atoms with E-state index >= 15 is 0 Å². The van der Waals surface area contributed by atoms with E-state index in [9.17, 15) is 5.11 Å². The molecule has 1 atom stereocenters. The van der Waals surface area contributed by atoms with Gasteiger partial charge in [0.2, 0.25) is 0 Å². The summed E-state index contributed by atoms with van der Waals surface area (Å²) in [5.41, 5.74) is 2.65. The monoisotopic (exact) mass is 480 g/mol. The van der Waals surface area contributed by atoms with Gasteiger partial charge in [-0.3, -0.25) is 9.80 Å². The van der Waals surface area contributed by atoms with Crippen LogP contribution in [0.3, 0.4) is 0 Å². The molecule has 4 nitrogen and oxygen atoms in total. The number of aliphatic hydroxyl groups excluding tert-OH is 1. The largest absolute Gasteiger partial charge is 0.490 e. The second-order valence-corrected chi connectivity index (χ2v) is 8.81. The van der Waals surface area contributed by atoms with Crippen molar-refractivity contribution in [3.05, 3.63) is 101 Å². The van der Waals surface area contributed by atoms with Crippen LogP contribution in [0.5, 0.6) is 5.75 Å². The topological polar surface area (TPSA) is 35.9 Å². The van der Waals surface area contributed by atoms with Crippen LogP contribution in [-0.2, 0) is 0 Å². The predicted octanol–water partition coefficient (Wildman–Crippen LogP) is 4.60. The van der Waals surface area contributed by atoms with Gasteiger partial charge in [0.25, 0.3) is 0 Å². The fourth-order valence-electron chi connectivity index (χ4n) is 4.19. The Morgan fingerprint density at radius 1 is 0.774 bits per heavy atom. The van der Waals surface area contributed by atoms with Crippen molar-refractivity contribution in [2.24, 2.45) is 0 Å². The number of rotatable bonds is 8. The third-order valence-electron chi connectivity index (χ3n) is 5.74.